The van der Waals surface area contributed by atoms with Crippen LogP contribution in [0.1, 0.15) is 49.8 Å². The lowest BCUT2D eigenvalue weighted by Gasteiger charge is -2.27. The van der Waals surface area contributed by atoms with Crippen LogP contribution < -0.4 is 4.74 Å². The first kappa shape index (κ1) is 23.3. The Labute approximate surface area is 198 Å². The number of amides is 1. The van der Waals surface area contributed by atoms with Gasteiger partial charge in [-0.25, -0.2) is 0 Å². The molecule has 1 amide bonds. The maximum atomic E-state index is 13.1. The molecule has 0 radical (unpaired) electrons. The molecule has 2 fully saturated rings. The molecule has 0 aliphatic carbocycles. The van der Waals surface area contributed by atoms with E-state index in [9.17, 15) is 14.7 Å². The second-order valence-electron chi connectivity index (χ2n) is 8.36. The zero-order valence-electron chi connectivity index (χ0n) is 18.6. The molecule has 33 heavy (non-hydrogen) atoms. The third-order valence-corrected chi connectivity index (χ3v) is 6.30. The van der Waals surface area contributed by atoms with Crippen LogP contribution in [0.5, 0.6) is 5.75 Å². The van der Waals surface area contributed by atoms with Crippen molar-refractivity contribution in [2.75, 3.05) is 19.8 Å². The number of benzene rings is 2. The van der Waals surface area contributed by atoms with Crippen molar-refractivity contribution in [2.45, 2.75) is 44.8 Å². The minimum Gasteiger partial charge on any atom is -0.507 e. The summed E-state index contributed by atoms with van der Waals surface area (Å²) < 4.78 is 11.5. The van der Waals surface area contributed by atoms with E-state index in [1.165, 1.54) is 4.90 Å². The standard InChI is InChI=1S/C26H28ClNO5/c1-2-3-14-32-20-12-8-17(9-13-20)23-22(24(29)18-6-10-19(27)11-7-18)25(30)26(31)28(23)16-21-5-4-15-33-21/h6-13,21,23,29H,2-5,14-16H2,1H3/b24-22-. The summed E-state index contributed by atoms with van der Waals surface area (Å²) in [4.78, 5) is 27.7. The highest BCUT2D eigenvalue weighted by Crippen LogP contribution is 2.40. The van der Waals surface area contributed by atoms with Gasteiger partial charge in [-0.2, -0.15) is 0 Å². The molecule has 7 heteroatoms. The van der Waals surface area contributed by atoms with Crippen molar-refractivity contribution < 1.29 is 24.2 Å². The van der Waals surface area contributed by atoms with Crippen molar-refractivity contribution in [2.24, 2.45) is 0 Å². The number of aliphatic hydroxyl groups is 1. The fourth-order valence-electron chi connectivity index (χ4n) is 4.27. The van der Waals surface area contributed by atoms with Crippen molar-refractivity contribution in [1.29, 1.82) is 0 Å². The van der Waals surface area contributed by atoms with Gasteiger partial charge in [0.25, 0.3) is 11.7 Å². The second kappa shape index (κ2) is 10.4. The second-order valence-corrected chi connectivity index (χ2v) is 8.80. The van der Waals surface area contributed by atoms with Crippen molar-refractivity contribution in [1.82, 2.24) is 4.90 Å². The topological polar surface area (TPSA) is 76.1 Å². The lowest BCUT2D eigenvalue weighted by molar-refractivity contribution is -0.140. The number of ether oxygens (including phenoxy) is 2. The highest BCUT2D eigenvalue weighted by Gasteiger charge is 2.47. The molecule has 2 aromatic carbocycles. The van der Waals surface area contributed by atoms with Crippen molar-refractivity contribution in [3.05, 3.63) is 70.3 Å². The molecule has 2 saturated heterocycles. The Morgan fingerprint density at radius 1 is 1.15 bits per heavy atom. The number of ketones is 1. The zero-order chi connectivity index (χ0) is 23.4. The van der Waals surface area contributed by atoms with E-state index in [0.29, 0.717) is 30.3 Å². The van der Waals surface area contributed by atoms with Gasteiger partial charge in [0, 0.05) is 23.7 Å². The molecule has 2 aliphatic rings. The molecule has 2 heterocycles. The Morgan fingerprint density at radius 3 is 2.52 bits per heavy atom. The summed E-state index contributed by atoms with van der Waals surface area (Å²) >= 11 is 5.98. The van der Waals surface area contributed by atoms with Crippen molar-refractivity contribution in [3.8, 4) is 5.75 Å². The van der Waals surface area contributed by atoms with Crippen LogP contribution in [0.3, 0.4) is 0 Å². The highest BCUT2D eigenvalue weighted by atomic mass is 35.5. The normalized spacial score (nSPS) is 22.2. The predicted molar refractivity (Wildman–Crippen MR) is 126 cm³/mol. The van der Waals surface area contributed by atoms with Crippen LogP contribution in [0.2, 0.25) is 5.02 Å². The van der Waals surface area contributed by atoms with E-state index in [4.69, 9.17) is 21.1 Å². The van der Waals surface area contributed by atoms with E-state index in [0.717, 1.165) is 37.0 Å². The largest absolute Gasteiger partial charge is 0.507 e. The minimum atomic E-state index is -0.713. The Kier molecular flexibility index (Phi) is 7.36. The molecule has 6 nitrogen and oxygen atoms in total. The van der Waals surface area contributed by atoms with Crippen molar-refractivity contribution in [3.63, 3.8) is 0 Å². The highest BCUT2D eigenvalue weighted by molar-refractivity contribution is 6.46. The number of unbranched alkanes of at least 4 members (excludes halogenated alkanes) is 1. The maximum Gasteiger partial charge on any atom is 0.295 e. The Bertz CT molecular complexity index is 1030. The van der Waals surface area contributed by atoms with Gasteiger partial charge in [-0.15, -0.1) is 0 Å². The zero-order valence-corrected chi connectivity index (χ0v) is 19.4. The van der Waals surface area contributed by atoms with Gasteiger partial charge >= 0.3 is 0 Å². The third kappa shape index (κ3) is 5.07. The van der Waals surface area contributed by atoms with E-state index >= 15 is 0 Å². The monoisotopic (exact) mass is 469 g/mol. The lowest BCUT2D eigenvalue weighted by Crippen LogP contribution is -2.36. The van der Waals surface area contributed by atoms with Gasteiger partial charge in [-0.05, 0) is 61.2 Å². The Hall–Kier alpha value is -2.83. The number of hydrogen-bond donors (Lipinski definition) is 1. The smallest absolute Gasteiger partial charge is 0.295 e. The molecule has 4 rings (SSSR count). The number of halogens is 1. The fraction of sp³-hybridized carbons (Fsp3) is 0.385. The number of rotatable bonds is 8. The van der Waals surface area contributed by atoms with Crippen LogP contribution in [-0.4, -0.2) is 47.6 Å². The number of Topliss-reactive ketones (excluding diaryl/α,β-unsaturated/α-hetero) is 1. The molecule has 1 N–H and O–H groups in total. The van der Waals surface area contributed by atoms with Gasteiger partial charge < -0.3 is 19.5 Å². The van der Waals surface area contributed by atoms with Gasteiger partial charge in [0.15, 0.2) is 0 Å². The molecule has 0 spiro atoms. The average molecular weight is 470 g/mol. The number of carbonyl (C=O) groups excluding carboxylic acids is 2. The van der Waals surface area contributed by atoms with Crippen LogP contribution in [0, 0.1) is 0 Å². The SMILES string of the molecule is CCCCOc1ccc(C2/C(=C(/O)c3ccc(Cl)cc3)C(=O)C(=O)N2CC2CCCO2)cc1. The summed E-state index contributed by atoms with van der Waals surface area (Å²) in [6.45, 7) is 3.67. The fourth-order valence-corrected chi connectivity index (χ4v) is 4.39. The maximum absolute atomic E-state index is 13.1. The van der Waals surface area contributed by atoms with Crippen LogP contribution in [0.4, 0.5) is 0 Å². The summed E-state index contributed by atoms with van der Waals surface area (Å²) in [5, 5.41) is 11.6. The number of aliphatic hydroxyl groups excluding tert-OH is 1. The molecule has 0 bridgehead atoms. The minimum absolute atomic E-state index is 0.0694. The lowest BCUT2D eigenvalue weighted by atomic mass is 9.95. The molecular formula is C26H28ClNO5. The number of hydrogen-bond acceptors (Lipinski definition) is 5. The average Bonchev–Trinajstić information content (AvgIpc) is 3.42. The molecule has 2 unspecified atom stereocenters. The van der Waals surface area contributed by atoms with Crippen LogP contribution in [0.25, 0.3) is 5.76 Å². The molecule has 0 aromatic heterocycles. The third-order valence-electron chi connectivity index (χ3n) is 6.04. The number of likely N-dealkylation sites (tertiary alicyclic amines) is 1. The molecule has 174 valence electrons. The van der Waals surface area contributed by atoms with Crippen LogP contribution in [0.15, 0.2) is 54.1 Å². The van der Waals surface area contributed by atoms with Crippen LogP contribution >= 0.6 is 11.6 Å². The molecule has 0 saturated carbocycles. The van der Waals surface area contributed by atoms with Crippen LogP contribution in [-0.2, 0) is 14.3 Å². The summed E-state index contributed by atoms with van der Waals surface area (Å²) in [6.07, 6.45) is 3.63. The van der Waals surface area contributed by atoms with E-state index in [1.54, 1.807) is 24.3 Å². The summed E-state index contributed by atoms with van der Waals surface area (Å²) in [6, 6.07) is 13.2. The molecule has 2 aliphatic heterocycles. The molecule has 2 aromatic rings. The Balaban J connectivity index is 1.72. The van der Waals surface area contributed by atoms with E-state index < -0.39 is 17.7 Å². The summed E-state index contributed by atoms with van der Waals surface area (Å²) in [7, 11) is 0. The first-order valence-corrected chi connectivity index (χ1v) is 11.8. The summed E-state index contributed by atoms with van der Waals surface area (Å²) in [5.41, 5.74) is 1.23. The van der Waals surface area contributed by atoms with E-state index in [2.05, 4.69) is 6.92 Å². The van der Waals surface area contributed by atoms with Gasteiger partial charge in [-0.3, -0.25) is 9.59 Å². The van der Waals surface area contributed by atoms with E-state index in [-0.39, 0.29) is 17.4 Å². The quantitative estimate of drug-likeness (QED) is 0.251. The number of carbonyl (C=O) groups is 2. The molecular weight excluding hydrogens is 442 g/mol. The predicted octanol–water partition coefficient (Wildman–Crippen LogP) is 5.12. The van der Waals surface area contributed by atoms with Gasteiger partial charge in [0.2, 0.25) is 0 Å². The molecule has 2 atom stereocenters. The number of nitrogens with zero attached hydrogens (tertiary/aromatic N) is 1. The Morgan fingerprint density at radius 2 is 1.88 bits per heavy atom. The van der Waals surface area contributed by atoms with Gasteiger partial charge in [-0.1, -0.05) is 37.1 Å². The first-order chi connectivity index (χ1) is 16.0. The van der Waals surface area contributed by atoms with Gasteiger partial charge in [0.1, 0.15) is 11.5 Å². The summed E-state index contributed by atoms with van der Waals surface area (Å²) in [5.74, 6) is -0.822. The first-order valence-electron chi connectivity index (χ1n) is 11.4. The van der Waals surface area contributed by atoms with E-state index in [1.807, 2.05) is 24.3 Å². The van der Waals surface area contributed by atoms with Gasteiger partial charge in [0.05, 0.1) is 24.3 Å². The van der Waals surface area contributed by atoms with Crippen molar-refractivity contribution >= 4 is 29.1 Å².